The van der Waals surface area contributed by atoms with E-state index < -0.39 is 38.6 Å². The molecule has 0 spiro atoms. The molecule has 0 aliphatic rings. The van der Waals surface area contributed by atoms with Crippen molar-refractivity contribution in [2.45, 2.75) is 25.6 Å². The highest BCUT2D eigenvalue weighted by Crippen LogP contribution is 2.20. The fourth-order valence-corrected chi connectivity index (χ4v) is 3.22. The summed E-state index contributed by atoms with van der Waals surface area (Å²) < 4.78 is 26.1. The van der Waals surface area contributed by atoms with E-state index in [-0.39, 0.29) is 11.3 Å². The van der Waals surface area contributed by atoms with Gasteiger partial charge in [-0.05, 0) is 5.92 Å². The molecule has 0 radical (unpaired) electrons. The number of rotatable bonds is 7. The van der Waals surface area contributed by atoms with Gasteiger partial charge in [-0.25, -0.2) is 13.1 Å². The van der Waals surface area contributed by atoms with Crippen molar-refractivity contribution in [3.8, 4) is 0 Å². The molecule has 8 nitrogen and oxygen atoms in total. The molecule has 21 heavy (non-hydrogen) atoms. The van der Waals surface area contributed by atoms with Gasteiger partial charge in [-0.2, -0.15) is 0 Å². The van der Waals surface area contributed by atoms with Gasteiger partial charge in [-0.1, -0.05) is 32.0 Å². The Bertz CT molecular complexity index is 641. The van der Waals surface area contributed by atoms with Gasteiger partial charge in [0.1, 0.15) is 6.04 Å². The van der Waals surface area contributed by atoms with Crippen LogP contribution in [0.5, 0.6) is 0 Å². The second-order valence-electron chi connectivity index (χ2n) is 4.82. The molecule has 0 unspecified atom stereocenters. The maximum atomic E-state index is 12.0. The number of nitro groups is 1. The van der Waals surface area contributed by atoms with E-state index in [4.69, 9.17) is 5.11 Å². The highest BCUT2D eigenvalue weighted by molar-refractivity contribution is 7.88. The topological polar surface area (TPSA) is 127 Å². The minimum atomic E-state index is -4.02. The van der Waals surface area contributed by atoms with Crippen molar-refractivity contribution in [1.29, 1.82) is 0 Å². The van der Waals surface area contributed by atoms with Crippen LogP contribution in [0.25, 0.3) is 0 Å². The summed E-state index contributed by atoms with van der Waals surface area (Å²) in [4.78, 5) is 21.2. The summed E-state index contributed by atoms with van der Waals surface area (Å²) in [5, 5.41) is 19.8. The molecule has 0 amide bonds. The van der Waals surface area contributed by atoms with Gasteiger partial charge in [0, 0.05) is 11.6 Å². The highest BCUT2D eigenvalue weighted by Gasteiger charge is 2.28. The Hall–Kier alpha value is -2.00. The average molecular weight is 316 g/mol. The van der Waals surface area contributed by atoms with Crippen molar-refractivity contribution in [3.63, 3.8) is 0 Å². The summed E-state index contributed by atoms with van der Waals surface area (Å²) in [5.41, 5.74) is -0.317. The minimum absolute atomic E-state index is 0.00268. The van der Waals surface area contributed by atoms with Crippen LogP contribution in [0.15, 0.2) is 24.3 Å². The summed E-state index contributed by atoms with van der Waals surface area (Å²) >= 11 is 0. The molecule has 0 aliphatic heterocycles. The monoisotopic (exact) mass is 316 g/mol. The Labute approximate surface area is 122 Å². The van der Waals surface area contributed by atoms with Crippen LogP contribution in [0.4, 0.5) is 5.69 Å². The molecule has 116 valence electrons. The lowest BCUT2D eigenvalue weighted by Gasteiger charge is -2.17. The van der Waals surface area contributed by atoms with Crippen LogP contribution in [0.3, 0.4) is 0 Å². The Morgan fingerprint density at radius 2 is 1.95 bits per heavy atom. The van der Waals surface area contributed by atoms with Crippen LogP contribution >= 0.6 is 0 Å². The first-order valence-corrected chi connectivity index (χ1v) is 7.74. The zero-order chi connectivity index (χ0) is 16.2. The number of hydrogen-bond acceptors (Lipinski definition) is 5. The number of nitro benzene ring substituents is 1. The highest BCUT2D eigenvalue weighted by atomic mass is 32.2. The summed E-state index contributed by atoms with van der Waals surface area (Å²) in [7, 11) is -4.02. The summed E-state index contributed by atoms with van der Waals surface area (Å²) in [6.07, 6.45) is 0. The third-order valence-electron chi connectivity index (χ3n) is 2.77. The normalized spacial score (nSPS) is 13.1. The average Bonchev–Trinajstić information content (AvgIpc) is 2.35. The van der Waals surface area contributed by atoms with Gasteiger partial charge < -0.3 is 5.11 Å². The smallest absolute Gasteiger partial charge is 0.321 e. The standard InChI is InChI=1S/C12H16N2O6S/c1-8(2)11(12(15)16)13-21(19,20)7-9-5-3-4-6-10(9)14(17)18/h3-6,8,11,13H,7H2,1-2H3,(H,15,16)/t11-/m1/s1. The number of benzene rings is 1. The molecule has 1 aromatic carbocycles. The van der Waals surface area contributed by atoms with Gasteiger partial charge in [0.15, 0.2) is 0 Å². The Kier molecular flexibility index (Phi) is 5.39. The van der Waals surface area contributed by atoms with Gasteiger partial charge in [-0.15, -0.1) is 0 Å². The molecule has 0 aromatic heterocycles. The molecular weight excluding hydrogens is 300 g/mol. The van der Waals surface area contributed by atoms with Crippen molar-refractivity contribution < 1.29 is 23.2 Å². The third-order valence-corrected chi connectivity index (χ3v) is 4.08. The number of nitrogens with one attached hydrogen (secondary N) is 1. The molecule has 0 fully saturated rings. The predicted molar refractivity (Wildman–Crippen MR) is 75.1 cm³/mol. The van der Waals surface area contributed by atoms with Crippen LogP contribution in [0.1, 0.15) is 19.4 Å². The minimum Gasteiger partial charge on any atom is -0.480 e. The van der Waals surface area contributed by atoms with E-state index in [0.29, 0.717) is 0 Å². The largest absolute Gasteiger partial charge is 0.480 e. The second kappa shape index (κ2) is 6.64. The summed E-state index contributed by atoms with van der Waals surface area (Å²) in [6, 6.07) is 4.15. The lowest BCUT2D eigenvalue weighted by atomic mass is 10.1. The number of sulfonamides is 1. The Morgan fingerprint density at radius 3 is 2.43 bits per heavy atom. The number of para-hydroxylation sites is 1. The second-order valence-corrected chi connectivity index (χ2v) is 6.58. The summed E-state index contributed by atoms with van der Waals surface area (Å²) in [5.74, 6) is -2.40. The van der Waals surface area contributed by atoms with E-state index in [1.165, 1.54) is 24.3 Å². The van der Waals surface area contributed by atoms with E-state index in [2.05, 4.69) is 4.72 Å². The van der Waals surface area contributed by atoms with Crippen molar-refractivity contribution in [3.05, 3.63) is 39.9 Å². The van der Waals surface area contributed by atoms with Gasteiger partial charge in [0.05, 0.1) is 10.7 Å². The van der Waals surface area contributed by atoms with E-state index >= 15 is 0 Å². The number of hydrogen-bond donors (Lipinski definition) is 2. The van der Waals surface area contributed by atoms with E-state index in [9.17, 15) is 23.3 Å². The molecule has 9 heteroatoms. The number of nitrogens with zero attached hydrogens (tertiary/aromatic N) is 1. The van der Waals surface area contributed by atoms with Crippen molar-refractivity contribution in [2.24, 2.45) is 5.92 Å². The van der Waals surface area contributed by atoms with E-state index in [0.717, 1.165) is 0 Å². The molecule has 0 heterocycles. The third kappa shape index (κ3) is 4.80. The van der Waals surface area contributed by atoms with Crippen molar-refractivity contribution in [2.75, 3.05) is 0 Å². The maximum absolute atomic E-state index is 12.0. The van der Waals surface area contributed by atoms with Crippen LogP contribution in [-0.2, 0) is 20.6 Å². The first-order valence-electron chi connectivity index (χ1n) is 6.09. The predicted octanol–water partition coefficient (Wildman–Crippen LogP) is 1.12. The first-order chi connectivity index (χ1) is 9.64. The molecule has 1 atom stereocenters. The fraction of sp³-hybridized carbons (Fsp3) is 0.417. The molecule has 0 bridgehead atoms. The molecule has 1 aromatic rings. The van der Waals surface area contributed by atoms with Crippen LogP contribution in [-0.4, -0.2) is 30.5 Å². The molecule has 0 saturated heterocycles. The van der Waals surface area contributed by atoms with Crippen molar-refractivity contribution in [1.82, 2.24) is 4.72 Å². The number of carboxylic acid groups (broad SMARTS) is 1. The Morgan fingerprint density at radius 1 is 1.38 bits per heavy atom. The number of carbonyl (C=O) groups is 1. The van der Waals surface area contributed by atoms with Crippen LogP contribution in [0, 0.1) is 16.0 Å². The first kappa shape index (κ1) is 17.1. The lowest BCUT2D eigenvalue weighted by Crippen LogP contribution is -2.44. The lowest BCUT2D eigenvalue weighted by molar-refractivity contribution is -0.385. The number of carboxylic acids is 1. The van der Waals surface area contributed by atoms with Crippen molar-refractivity contribution >= 4 is 21.7 Å². The molecule has 2 N–H and O–H groups in total. The van der Waals surface area contributed by atoms with E-state index in [1.54, 1.807) is 13.8 Å². The maximum Gasteiger partial charge on any atom is 0.321 e. The van der Waals surface area contributed by atoms with Gasteiger partial charge in [-0.3, -0.25) is 14.9 Å². The summed E-state index contributed by atoms with van der Waals surface area (Å²) in [6.45, 7) is 3.12. The molecule has 0 saturated carbocycles. The zero-order valence-corrected chi connectivity index (χ0v) is 12.3. The van der Waals surface area contributed by atoms with Gasteiger partial charge in [0.25, 0.3) is 5.69 Å². The number of aliphatic carboxylic acids is 1. The Balaban J connectivity index is 3.01. The molecular formula is C12H16N2O6S. The zero-order valence-electron chi connectivity index (χ0n) is 11.5. The molecule has 1 rings (SSSR count). The fourth-order valence-electron chi connectivity index (χ4n) is 1.72. The quantitative estimate of drug-likeness (QED) is 0.573. The van der Waals surface area contributed by atoms with Gasteiger partial charge in [0.2, 0.25) is 10.0 Å². The van der Waals surface area contributed by atoms with Crippen LogP contribution < -0.4 is 4.72 Å². The van der Waals surface area contributed by atoms with Gasteiger partial charge >= 0.3 is 5.97 Å². The van der Waals surface area contributed by atoms with Crippen LogP contribution in [0.2, 0.25) is 0 Å². The van der Waals surface area contributed by atoms with E-state index in [1.807, 2.05) is 0 Å². The molecule has 0 aliphatic carbocycles. The SMILES string of the molecule is CC(C)[C@@H](NS(=O)(=O)Cc1ccccc1[N+](=O)[O-])C(=O)O.